The quantitative estimate of drug-likeness (QED) is 0.473. The van der Waals surface area contributed by atoms with E-state index in [2.05, 4.69) is 71.4 Å². The Morgan fingerprint density at radius 2 is 1.90 bits per heavy atom. The van der Waals surface area contributed by atoms with E-state index in [1.165, 1.54) is 16.5 Å². The number of aryl methyl sites for hydroxylation is 2. The minimum atomic E-state index is -0.146. The van der Waals surface area contributed by atoms with E-state index in [9.17, 15) is 4.79 Å². The lowest BCUT2D eigenvalue weighted by molar-refractivity contribution is -0.122. The van der Waals surface area contributed by atoms with E-state index in [4.69, 9.17) is 0 Å². The average molecular weight is 404 g/mol. The summed E-state index contributed by atoms with van der Waals surface area (Å²) in [6.45, 7) is 4.31. The van der Waals surface area contributed by atoms with Crippen molar-refractivity contribution >= 4 is 22.5 Å². The molecular formula is C24H29N5O. The number of aromatic nitrogens is 4. The number of hydrogen-bond acceptors (Lipinski definition) is 3. The van der Waals surface area contributed by atoms with Crippen LogP contribution in [0.25, 0.3) is 16.6 Å². The highest BCUT2D eigenvalue weighted by molar-refractivity contribution is 5.84. The predicted octanol–water partition coefficient (Wildman–Crippen LogP) is 4.45. The molecule has 4 aromatic rings. The number of nitrogens with zero attached hydrogens (tertiary/aromatic N) is 4. The lowest BCUT2D eigenvalue weighted by atomic mass is 10.0. The first-order valence-electron chi connectivity index (χ1n) is 10.6. The monoisotopic (exact) mass is 403 g/mol. The van der Waals surface area contributed by atoms with Crippen molar-refractivity contribution < 1.29 is 4.79 Å². The summed E-state index contributed by atoms with van der Waals surface area (Å²) in [5.74, 6) is 1.29. The van der Waals surface area contributed by atoms with Gasteiger partial charge in [0.25, 0.3) is 0 Å². The molecular weight excluding hydrogens is 374 g/mol. The van der Waals surface area contributed by atoms with Gasteiger partial charge in [-0.2, -0.15) is 0 Å². The van der Waals surface area contributed by atoms with Crippen LogP contribution in [0.2, 0.25) is 0 Å². The fourth-order valence-electron chi connectivity index (χ4n) is 4.13. The van der Waals surface area contributed by atoms with Crippen LogP contribution in [0.3, 0.4) is 0 Å². The summed E-state index contributed by atoms with van der Waals surface area (Å²) in [4.78, 5) is 12.8. The molecule has 0 radical (unpaired) electrons. The van der Waals surface area contributed by atoms with Gasteiger partial charge in [0.15, 0.2) is 11.5 Å². The first kappa shape index (κ1) is 20.1. The van der Waals surface area contributed by atoms with Gasteiger partial charge < -0.3 is 9.88 Å². The van der Waals surface area contributed by atoms with E-state index in [1.54, 1.807) is 0 Å². The van der Waals surface area contributed by atoms with Gasteiger partial charge in [-0.25, -0.2) is 0 Å². The van der Waals surface area contributed by atoms with Crippen LogP contribution in [0.1, 0.15) is 50.5 Å². The Labute approximate surface area is 176 Å². The number of rotatable bonds is 8. The summed E-state index contributed by atoms with van der Waals surface area (Å²) in [5, 5.41) is 13.1. The molecule has 0 spiro atoms. The summed E-state index contributed by atoms with van der Waals surface area (Å²) in [5.41, 5.74) is 3.32. The molecule has 1 N–H and O–H groups in total. The van der Waals surface area contributed by atoms with Crippen LogP contribution in [0.4, 0.5) is 0 Å². The minimum absolute atomic E-state index is 0.0635. The second kappa shape index (κ2) is 8.69. The number of carbonyl (C=O) groups excluding carboxylic acids is 1. The number of pyridine rings is 1. The van der Waals surface area contributed by atoms with Crippen molar-refractivity contribution in [1.82, 2.24) is 24.5 Å². The Balaban J connectivity index is 1.41. The van der Waals surface area contributed by atoms with Crippen LogP contribution >= 0.6 is 0 Å². The Kier molecular flexibility index (Phi) is 5.84. The van der Waals surface area contributed by atoms with Crippen molar-refractivity contribution in [2.24, 2.45) is 13.0 Å². The lowest BCUT2D eigenvalue weighted by Gasteiger charge is -2.19. The van der Waals surface area contributed by atoms with Gasteiger partial charge in [-0.3, -0.25) is 9.20 Å². The largest absolute Gasteiger partial charge is 0.350 e. The molecule has 0 fully saturated rings. The van der Waals surface area contributed by atoms with Crippen molar-refractivity contribution in [2.45, 2.75) is 45.6 Å². The van der Waals surface area contributed by atoms with Crippen molar-refractivity contribution in [3.8, 4) is 0 Å². The molecule has 3 heterocycles. The highest BCUT2D eigenvalue weighted by Gasteiger charge is 2.21. The molecule has 6 nitrogen and oxygen atoms in total. The fraction of sp³-hybridized carbons (Fsp3) is 0.375. The Morgan fingerprint density at radius 3 is 2.73 bits per heavy atom. The van der Waals surface area contributed by atoms with Crippen molar-refractivity contribution in [3.63, 3.8) is 0 Å². The molecule has 3 aromatic heterocycles. The smallest absolute Gasteiger partial charge is 0.220 e. The maximum absolute atomic E-state index is 12.8. The third-order valence-corrected chi connectivity index (χ3v) is 5.52. The highest BCUT2D eigenvalue weighted by Crippen LogP contribution is 2.23. The lowest BCUT2D eigenvalue weighted by Crippen LogP contribution is -2.30. The zero-order valence-electron chi connectivity index (χ0n) is 17.9. The molecule has 0 unspecified atom stereocenters. The number of hydrogen-bond donors (Lipinski definition) is 1. The van der Waals surface area contributed by atoms with Gasteiger partial charge in [0, 0.05) is 36.8 Å². The van der Waals surface area contributed by atoms with Gasteiger partial charge in [-0.1, -0.05) is 38.1 Å². The SMILES string of the molecule is CC(C)C[C@@H](NC(=O)CCCc1cn(C)c2ccccc12)c1nnc2ccccn12. The summed E-state index contributed by atoms with van der Waals surface area (Å²) in [6.07, 6.45) is 7.14. The number of benzene rings is 1. The van der Waals surface area contributed by atoms with E-state index < -0.39 is 0 Å². The third-order valence-electron chi connectivity index (χ3n) is 5.52. The average Bonchev–Trinajstić information content (AvgIpc) is 3.29. The zero-order valence-corrected chi connectivity index (χ0v) is 17.9. The summed E-state index contributed by atoms with van der Waals surface area (Å²) >= 11 is 0. The summed E-state index contributed by atoms with van der Waals surface area (Å²) in [7, 11) is 2.07. The first-order chi connectivity index (χ1) is 14.5. The van der Waals surface area contributed by atoms with Crippen LogP contribution in [-0.4, -0.2) is 25.1 Å². The molecule has 156 valence electrons. The van der Waals surface area contributed by atoms with Gasteiger partial charge in [-0.05, 0) is 48.9 Å². The van der Waals surface area contributed by atoms with E-state index in [0.29, 0.717) is 12.3 Å². The topological polar surface area (TPSA) is 64.2 Å². The predicted molar refractivity (Wildman–Crippen MR) is 119 cm³/mol. The molecule has 0 bridgehead atoms. The van der Waals surface area contributed by atoms with E-state index in [1.807, 2.05) is 28.8 Å². The van der Waals surface area contributed by atoms with E-state index in [0.717, 1.165) is 30.7 Å². The van der Waals surface area contributed by atoms with Gasteiger partial charge in [0.1, 0.15) is 0 Å². The second-order valence-electron chi connectivity index (χ2n) is 8.37. The minimum Gasteiger partial charge on any atom is -0.350 e. The standard InChI is InChI=1S/C24H29N5O/c1-17(2)15-20(24-27-26-22-12-6-7-14-29(22)24)25-23(30)13-8-9-18-16-28(3)21-11-5-4-10-19(18)21/h4-7,10-12,14,16-17,20H,8-9,13,15H2,1-3H3,(H,25,30)/t20-/m1/s1. The molecule has 0 aliphatic rings. The number of para-hydroxylation sites is 1. The van der Waals surface area contributed by atoms with Gasteiger partial charge in [0.05, 0.1) is 6.04 Å². The van der Waals surface area contributed by atoms with Crippen LogP contribution in [-0.2, 0) is 18.3 Å². The number of nitrogens with one attached hydrogen (secondary N) is 1. The van der Waals surface area contributed by atoms with E-state index >= 15 is 0 Å². The molecule has 1 atom stereocenters. The van der Waals surface area contributed by atoms with Crippen LogP contribution in [0.15, 0.2) is 54.9 Å². The van der Waals surface area contributed by atoms with Gasteiger partial charge >= 0.3 is 0 Å². The molecule has 30 heavy (non-hydrogen) atoms. The molecule has 1 amide bonds. The first-order valence-corrected chi connectivity index (χ1v) is 10.6. The van der Waals surface area contributed by atoms with Gasteiger partial charge in [0.2, 0.25) is 5.91 Å². The summed E-state index contributed by atoms with van der Waals surface area (Å²) in [6, 6.07) is 14.1. The molecule has 0 aliphatic heterocycles. The number of amides is 1. The van der Waals surface area contributed by atoms with Crippen molar-refractivity contribution in [2.75, 3.05) is 0 Å². The summed E-state index contributed by atoms with van der Waals surface area (Å²) < 4.78 is 4.11. The number of carbonyl (C=O) groups is 1. The van der Waals surface area contributed by atoms with E-state index in [-0.39, 0.29) is 11.9 Å². The van der Waals surface area contributed by atoms with Crippen LogP contribution in [0, 0.1) is 5.92 Å². The highest BCUT2D eigenvalue weighted by atomic mass is 16.1. The molecule has 0 aliphatic carbocycles. The second-order valence-corrected chi connectivity index (χ2v) is 8.37. The fourth-order valence-corrected chi connectivity index (χ4v) is 4.13. The molecule has 0 saturated carbocycles. The number of fused-ring (bicyclic) bond motifs is 2. The van der Waals surface area contributed by atoms with Crippen LogP contribution < -0.4 is 5.32 Å². The maximum Gasteiger partial charge on any atom is 0.220 e. The molecule has 6 heteroatoms. The Morgan fingerprint density at radius 1 is 1.10 bits per heavy atom. The molecule has 1 aromatic carbocycles. The van der Waals surface area contributed by atoms with Crippen molar-refractivity contribution in [3.05, 3.63) is 66.2 Å². The Hall–Kier alpha value is -3.15. The zero-order chi connectivity index (χ0) is 21.1. The van der Waals surface area contributed by atoms with Crippen molar-refractivity contribution in [1.29, 1.82) is 0 Å². The van der Waals surface area contributed by atoms with Crippen LogP contribution in [0.5, 0.6) is 0 Å². The third kappa shape index (κ3) is 4.22. The molecule has 4 rings (SSSR count). The Bertz CT molecular complexity index is 1160. The molecule has 0 saturated heterocycles. The normalized spacial score (nSPS) is 12.7. The maximum atomic E-state index is 12.8. The van der Waals surface area contributed by atoms with Gasteiger partial charge in [-0.15, -0.1) is 10.2 Å².